The van der Waals surface area contributed by atoms with Crippen molar-refractivity contribution in [1.82, 2.24) is 0 Å². The Labute approximate surface area is 167 Å². The van der Waals surface area contributed by atoms with Crippen LogP contribution in [0.5, 0.6) is 5.75 Å². The first-order valence-corrected chi connectivity index (χ1v) is 10.2. The zero-order chi connectivity index (χ0) is 20.4. The normalized spacial score (nSPS) is 17.5. The Morgan fingerprint density at radius 1 is 1.11 bits per heavy atom. The average Bonchev–Trinajstić information content (AvgIpc) is 3.49. The fraction of sp³-hybridized carbons (Fsp3) is 0.636. The number of unbranched alkanes of at least 4 members (excludes halogenated alkanes) is 3. The fourth-order valence-corrected chi connectivity index (χ4v) is 2.99. The minimum atomic E-state index is -0.481. The van der Waals surface area contributed by atoms with E-state index in [9.17, 15) is 9.59 Å². The van der Waals surface area contributed by atoms with Gasteiger partial charge < -0.3 is 18.9 Å². The van der Waals surface area contributed by atoms with E-state index in [1.54, 1.807) is 31.2 Å². The highest BCUT2D eigenvalue weighted by Crippen LogP contribution is 2.18. The molecule has 0 N–H and O–H groups in total. The summed E-state index contributed by atoms with van der Waals surface area (Å²) in [6, 6.07) is 6.93. The third-order valence-electron chi connectivity index (χ3n) is 4.72. The van der Waals surface area contributed by atoms with E-state index in [-0.39, 0.29) is 5.97 Å². The van der Waals surface area contributed by atoms with Crippen LogP contribution in [0.2, 0.25) is 0 Å². The Morgan fingerprint density at radius 2 is 1.79 bits per heavy atom. The van der Waals surface area contributed by atoms with Crippen molar-refractivity contribution >= 4 is 11.9 Å². The van der Waals surface area contributed by atoms with Gasteiger partial charge in [0, 0.05) is 6.92 Å². The lowest BCUT2D eigenvalue weighted by Crippen LogP contribution is -2.32. The highest BCUT2D eigenvalue weighted by molar-refractivity contribution is 5.89. The molecule has 156 valence electrons. The molecule has 1 saturated heterocycles. The van der Waals surface area contributed by atoms with Crippen LogP contribution in [-0.2, 0) is 19.0 Å². The number of benzene rings is 1. The van der Waals surface area contributed by atoms with E-state index in [0.717, 1.165) is 25.2 Å². The summed E-state index contributed by atoms with van der Waals surface area (Å²) in [5.74, 6) is -0.0827. The summed E-state index contributed by atoms with van der Waals surface area (Å²) in [5, 5.41) is 0. The second-order valence-corrected chi connectivity index (χ2v) is 7.20. The molecule has 28 heavy (non-hydrogen) atoms. The van der Waals surface area contributed by atoms with E-state index in [0.29, 0.717) is 24.7 Å². The first-order chi connectivity index (χ1) is 13.5. The van der Waals surface area contributed by atoms with Gasteiger partial charge in [0.25, 0.3) is 0 Å². The lowest BCUT2D eigenvalue weighted by Gasteiger charge is -2.22. The molecule has 1 fully saturated rings. The summed E-state index contributed by atoms with van der Waals surface area (Å²) in [4.78, 5) is 23.4. The molecular formula is C22H32O6. The maximum absolute atomic E-state index is 12.3. The molecule has 6 nitrogen and oxygen atoms in total. The Hall–Kier alpha value is -2.08. The first-order valence-electron chi connectivity index (χ1n) is 10.2. The van der Waals surface area contributed by atoms with Crippen molar-refractivity contribution in [2.75, 3.05) is 13.2 Å². The monoisotopic (exact) mass is 392 g/mol. The van der Waals surface area contributed by atoms with Crippen molar-refractivity contribution in [2.45, 2.75) is 77.6 Å². The molecule has 0 aliphatic carbocycles. The van der Waals surface area contributed by atoms with Gasteiger partial charge in [-0.1, -0.05) is 26.2 Å². The molecule has 0 aromatic heterocycles. The van der Waals surface area contributed by atoms with Crippen LogP contribution in [0.15, 0.2) is 24.3 Å². The van der Waals surface area contributed by atoms with Crippen LogP contribution in [-0.4, -0.2) is 43.5 Å². The van der Waals surface area contributed by atoms with Crippen LogP contribution in [0, 0.1) is 0 Å². The summed E-state index contributed by atoms with van der Waals surface area (Å²) in [5.41, 5.74) is 0.447. The number of carbonyl (C=O) groups excluding carboxylic acids is 2. The number of epoxide rings is 1. The van der Waals surface area contributed by atoms with Gasteiger partial charge in [-0.3, -0.25) is 4.79 Å². The number of carbonyl (C=O) groups is 2. The highest BCUT2D eigenvalue weighted by Gasteiger charge is 2.23. The van der Waals surface area contributed by atoms with Gasteiger partial charge in [0.2, 0.25) is 0 Å². The van der Waals surface area contributed by atoms with Crippen LogP contribution < -0.4 is 4.74 Å². The first kappa shape index (κ1) is 22.2. The fourth-order valence-electron chi connectivity index (χ4n) is 2.99. The van der Waals surface area contributed by atoms with Gasteiger partial charge in [0.05, 0.1) is 24.9 Å². The molecule has 1 aromatic carbocycles. The Kier molecular flexibility index (Phi) is 9.28. The van der Waals surface area contributed by atoms with E-state index in [1.807, 2.05) is 6.92 Å². The highest BCUT2D eigenvalue weighted by atomic mass is 16.6. The van der Waals surface area contributed by atoms with Gasteiger partial charge in [0.15, 0.2) is 0 Å². The summed E-state index contributed by atoms with van der Waals surface area (Å²) in [7, 11) is 0. The average molecular weight is 392 g/mol. The minimum Gasteiger partial charge on any atom is -0.494 e. The maximum atomic E-state index is 12.3. The van der Waals surface area contributed by atoms with Gasteiger partial charge >= 0.3 is 11.9 Å². The Bertz CT molecular complexity index is 608. The standard InChI is InChI=1S/C22H32O6/c1-4-21(16(2)27-17(3)23)28-22(24)18-10-12-19(13-11-18)25-14-8-6-5-7-9-20-15-26-20/h10-13,16,20-21H,4-9,14-15H2,1-3H3. The molecule has 3 unspecified atom stereocenters. The Morgan fingerprint density at radius 3 is 2.39 bits per heavy atom. The largest absolute Gasteiger partial charge is 0.494 e. The van der Waals surface area contributed by atoms with Crippen molar-refractivity contribution in [3.8, 4) is 5.75 Å². The van der Waals surface area contributed by atoms with Crippen molar-refractivity contribution in [2.24, 2.45) is 0 Å². The summed E-state index contributed by atoms with van der Waals surface area (Å²) in [6.45, 7) is 6.56. The van der Waals surface area contributed by atoms with Gasteiger partial charge in [-0.2, -0.15) is 0 Å². The van der Waals surface area contributed by atoms with Crippen molar-refractivity contribution in [3.05, 3.63) is 29.8 Å². The number of hydrogen-bond acceptors (Lipinski definition) is 6. The quantitative estimate of drug-likeness (QED) is 0.283. The zero-order valence-electron chi connectivity index (χ0n) is 17.1. The summed E-state index contributed by atoms with van der Waals surface area (Å²) < 4.78 is 21.5. The van der Waals surface area contributed by atoms with Crippen LogP contribution in [0.4, 0.5) is 0 Å². The van der Waals surface area contributed by atoms with Gasteiger partial charge in [-0.15, -0.1) is 0 Å². The minimum absolute atomic E-state index is 0.388. The third-order valence-corrected chi connectivity index (χ3v) is 4.72. The molecule has 3 atom stereocenters. The molecule has 1 aliphatic heterocycles. The molecule has 0 saturated carbocycles. The molecule has 1 aromatic rings. The summed E-state index contributed by atoms with van der Waals surface area (Å²) in [6.07, 6.45) is 5.90. The molecule has 0 bridgehead atoms. The van der Waals surface area contributed by atoms with Crippen molar-refractivity contribution in [1.29, 1.82) is 0 Å². The molecular weight excluding hydrogens is 360 g/mol. The molecule has 2 rings (SSSR count). The molecule has 0 amide bonds. The van der Waals surface area contributed by atoms with Crippen LogP contribution >= 0.6 is 0 Å². The molecule has 1 heterocycles. The number of esters is 2. The van der Waals surface area contributed by atoms with E-state index in [4.69, 9.17) is 18.9 Å². The predicted octanol–water partition coefficient (Wildman–Crippen LogP) is 4.30. The van der Waals surface area contributed by atoms with Gasteiger partial charge in [0.1, 0.15) is 18.0 Å². The van der Waals surface area contributed by atoms with Gasteiger partial charge in [-0.05, 0) is 50.5 Å². The van der Waals surface area contributed by atoms with Gasteiger partial charge in [-0.25, -0.2) is 4.79 Å². The molecule has 1 aliphatic rings. The van der Waals surface area contributed by atoms with Crippen molar-refractivity contribution < 1.29 is 28.5 Å². The molecule has 0 spiro atoms. The van der Waals surface area contributed by atoms with E-state index >= 15 is 0 Å². The number of hydrogen-bond donors (Lipinski definition) is 0. The third kappa shape index (κ3) is 8.30. The smallest absolute Gasteiger partial charge is 0.338 e. The maximum Gasteiger partial charge on any atom is 0.338 e. The predicted molar refractivity (Wildman–Crippen MR) is 105 cm³/mol. The van der Waals surface area contributed by atoms with E-state index < -0.39 is 18.2 Å². The number of ether oxygens (including phenoxy) is 4. The van der Waals surface area contributed by atoms with E-state index in [1.165, 1.54) is 26.2 Å². The zero-order valence-corrected chi connectivity index (χ0v) is 17.1. The molecule has 6 heteroatoms. The SMILES string of the molecule is CCC(OC(=O)c1ccc(OCCCCCCC2CO2)cc1)C(C)OC(C)=O. The second-order valence-electron chi connectivity index (χ2n) is 7.20. The van der Waals surface area contributed by atoms with Crippen LogP contribution in [0.25, 0.3) is 0 Å². The Balaban J connectivity index is 1.68. The topological polar surface area (TPSA) is 74.4 Å². The molecule has 0 radical (unpaired) electrons. The van der Waals surface area contributed by atoms with Crippen molar-refractivity contribution in [3.63, 3.8) is 0 Å². The summed E-state index contributed by atoms with van der Waals surface area (Å²) >= 11 is 0. The van der Waals surface area contributed by atoms with Crippen LogP contribution in [0.3, 0.4) is 0 Å². The number of rotatable bonds is 13. The lowest BCUT2D eigenvalue weighted by molar-refractivity contribution is -0.151. The lowest BCUT2D eigenvalue weighted by atomic mass is 10.1. The second kappa shape index (κ2) is 11.7. The van der Waals surface area contributed by atoms with E-state index in [2.05, 4.69) is 0 Å². The van der Waals surface area contributed by atoms with Crippen LogP contribution in [0.1, 0.15) is 69.7 Å².